The maximum atomic E-state index is 12.3. The molecule has 2 saturated carbocycles. The van der Waals surface area contributed by atoms with Crippen LogP contribution >= 0.6 is 0 Å². The topological polar surface area (TPSA) is 54.3 Å². The van der Waals surface area contributed by atoms with Crippen molar-refractivity contribution < 1.29 is 9.90 Å². The van der Waals surface area contributed by atoms with Gasteiger partial charge < -0.3 is 15.0 Å². The lowest BCUT2D eigenvalue weighted by atomic mass is 9.92. The van der Waals surface area contributed by atoms with Crippen LogP contribution in [0.1, 0.15) is 61.5 Å². The molecule has 2 aliphatic carbocycles. The van der Waals surface area contributed by atoms with E-state index in [2.05, 4.69) is 9.88 Å². The molecule has 1 amide bonds. The lowest BCUT2D eigenvalue weighted by molar-refractivity contribution is 0.0707. The Morgan fingerprint density at radius 2 is 2.00 bits per heavy atom. The molecule has 0 saturated heterocycles. The Morgan fingerprint density at radius 3 is 2.68 bits per heavy atom. The highest BCUT2D eigenvalue weighted by atomic mass is 16.3. The number of nitrogens with zero attached hydrogens (tertiary/aromatic N) is 1. The summed E-state index contributed by atoms with van der Waals surface area (Å²) in [6.07, 6.45) is 9.04. The third kappa shape index (κ3) is 2.54. The Labute approximate surface area is 113 Å². The number of hydrogen-bond acceptors (Lipinski definition) is 2. The Morgan fingerprint density at radius 1 is 1.21 bits per heavy atom. The number of amides is 1. The molecule has 4 nitrogen and oxygen atoms in total. The van der Waals surface area contributed by atoms with Crippen LogP contribution in [-0.4, -0.2) is 27.7 Å². The van der Waals surface area contributed by atoms with Gasteiger partial charge in [-0.25, -0.2) is 0 Å². The van der Waals surface area contributed by atoms with E-state index in [0.29, 0.717) is 6.04 Å². The fraction of sp³-hybridized carbons (Fsp3) is 0.667. The van der Waals surface area contributed by atoms with Crippen molar-refractivity contribution in [2.45, 2.75) is 63.1 Å². The van der Waals surface area contributed by atoms with Gasteiger partial charge in [-0.15, -0.1) is 0 Å². The second-order valence-electron chi connectivity index (χ2n) is 5.82. The highest BCUT2D eigenvalue weighted by molar-refractivity contribution is 5.93. The molecule has 4 heteroatoms. The molecule has 2 aliphatic rings. The highest BCUT2D eigenvalue weighted by Crippen LogP contribution is 2.32. The van der Waals surface area contributed by atoms with Crippen molar-refractivity contribution in [2.75, 3.05) is 0 Å². The minimum absolute atomic E-state index is 0.0390. The standard InChI is InChI=1S/C15H22N2O2/c18-14-9-2-1-7-12(14)16-15(19)13-8-4-10-17(13)11-5-3-6-11/h4,8,10-12,14,18H,1-3,5-7,9H2,(H,16,19)/t12-,14-/m1/s1. The average Bonchev–Trinajstić information content (AvgIpc) is 2.79. The quantitative estimate of drug-likeness (QED) is 0.877. The second-order valence-corrected chi connectivity index (χ2v) is 5.82. The SMILES string of the molecule is O=C(N[C@@H]1CCCC[C@H]1O)c1cccn1C1CCC1. The van der Waals surface area contributed by atoms with Crippen molar-refractivity contribution in [1.29, 1.82) is 0 Å². The van der Waals surface area contributed by atoms with Crippen molar-refractivity contribution in [2.24, 2.45) is 0 Å². The number of aliphatic hydroxyl groups is 1. The number of hydrogen-bond donors (Lipinski definition) is 2. The van der Waals surface area contributed by atoms with Crippen LogP contribution in [0, 0.1) is 0 Å². The summed E-state index contributed by atoms with van der Waals surface area (Å²) in [5.74, 6) is -0.0390. The molecule has 1 aromatic heterocycles. The van der Waals surface area contributed by atoms with Crippen LogP contribution in [0.15, 0.2) is 18.3 Å². The molecular formula is C15H22N2O2. The van der Waals surface area contributed by atoms with E-state index in [4.69, 9.17) is 0 Å². The lowest BCUT2D eigenvalue weighted by Crippen LogP contribution is -2.45. The zero-order valence-electron chi connectivity index (χ0n) is 11.2. The molecule has 0 aromatic carbocycles. The normalized spacial score (nSPS) is 27.8. The van der Waals surface area contributed by atoms with E-state index in [1.165, 1.54) is 19.3 Å². The number of aromatic nitrogens is 1. The van der Waals surface area contributed by atoms with Gasteiger partial charge in [0.05, 0.1) is 12.1 Å². The molecule has 19 heavy (non-hydrogen) atoms. The van der Waals surface area contributed by atoms with E-state index >= 15 is 0 Å². The second kappa shape index (κ2) is 5.37. The summed E-state index contributed by atoms with van der Waals surface area (Å²) in [6, 6.07) is 4.23. The van der Waals surface area contributed by atoms with Gasteiger partial charge in [0.2, 0.25) is 0 Å². The van der Waals surface area contributed by atoms with Crippen LogP contribution in [0.25, 0.3) is 0 Å². The van der Waals surface area contributed by atoms with Gasteiger partial charge in [0.1, 0.15) is 5.69 Å². The van der Waals surface area contributed by atoms with Crippen molar-refractivity contribution in [1.82, 2.24) is 9.88 Å². The average molecular weight is 262 g/mol. The van der Waals surface area contributed by atoms with Crippen LogP contribution in [0.5, 0.6) is 0 Å². The smallest absolute Gasteiger partial charge is 0.268 e. The minimum Gasteiger partial charge on any atom is -0.391 e. The number of rotatable bonds is 3. The summed E-state index contributed by atoms with van der Waals surface area (Å²) in [4.78, 5) is 12.3. The van der Waals surface area contributed by atoms with E-state index < -0.39 is 0 Å². The van der Waals surface area contributed by atoms with Crippen LogP contribution < -0.4 is 5.32 Å². The number of aliphatic hydroxyl groups excluding tert-OH is 1. The predicted octanol–water partition coefficient (Wildman–Crippen LogP) is 2.25. The molecule has 2 fully saturated rings. The number of nitrogens with one attached hydrogen (secondary N) is 1. The molecule has 104 valence electrons. The first kappa shape index (κ1) is 12.7. The summed E-state index contributed by atoms with van der Waals surface area (Å²) in [6.45, 7) is 0. The molecule has 0 radical (unpaired) electrons. The summed E-state index contributed by atoms with van der Waals surface area (Å²) in [7, 11) is 0. The van der Waals surface area contributed by atoms with Gasteiger partial charge >= 0.3 is 0 Å². The molecule has 0 aliphatic heterocycles. The van der Waals surface area contributed by atoms with Crippen LogP contribution in [0.4, 0.5) is 0 Å². The van der Waals surface area contributed by atoms with Crippen molar-refractivity contribution in [3.8, 4) is 0 Å². The Balaban J connectivity index is 1.68. The summed E-state index contributed by atoms with van der Waals surface area (Å²) in [5.41, 5.74) is 0.738. The molecule has 2 N–H and O–H groups in total. The monoisotopic (exact) mass is 262 g/mol. The summed E-state index contributed by atoms with van der Waals surface area (Å²) < 4.78 is 2.09. The third-order valence-electron chi connectivity index (χ3n) is 4.53. The lowest BCUT2D eigenvalue weighted by Gasteiger charge is -2.31. The molecule has 2 atom stereocenters. The van der Waals surface area contributed by atoms with E-state index in [1.54, 1.807) is 0 Å². The Hall–Kier alpha value is -1.29. The summed E-state index contributed by atoms with van der Waals surface area (Å²) in [5, 5.41) is 12.9. The predicted molar refractivity (Wildman–Crippen MR) is 73.0 cm³/mol. The zero-order valence-corrected chi connectivity index (χ0v) is 11.2. The van der Waals surface area contributed by atoms with Crippen LogP contribution in [-0.2, 0) is 0 Å². The van der Waals surface area contributed by atoms with Crippen LogP contribution in [0.2, 0.25) is 0 Å². The Kier molecular flexibility index (Phi) is 3.60. The molecular weight excluding hydrogens is 240 g/mol. The largest absolute Gasteiger partial charge is 0.391 e. The maximum Gasteiger partial charge on any atom is 0.268 e. The molecule has 0 bridgehead atoms. The van der Waals surface area contributed by atoms with Crippen molar-refractivity contribution in [3.05, 3.63) is 24.0 Å². The number of carbonyl (C=O) groups excluding carboxylic acids is 1. The summed E-state index contributed by atoms with van der Waals surface area (Å²) >= 11 is 0. The molecule has 1 heterocycles. The fourth-order valence-corrected chi connectivity index (χ4v) is 3.09. The van der Waals surface area contributed by atoms with Gasteiger partial charge in [-0.05, 0) is 44.2 Å². The number of carbonyl (C=O) groups is 1. The fourth-order valence-electron chi connectivity index (χ4n) is 3.09. The molecule has 0 spiro atoms. The first-order valence-electron chi connectivity index (χ1n) is 7.41. The molecule has 0 unspecified atom stereocenters. The van der Waals surface area contributed by atoms with Gasteiger partial charge in [0.25, 0.3) is 5.91 Å². The minimum atomic E-state index is -0.384. The van der Waals surface area contributed by atoms with Crippen molar-refractivity contribution in [3.63, 3.8) is 0 Å². The third-order valence-corrected chi connectivity index (χ3v) is 4.53. The van der Waals surface area contributed by atoms with E-state index in [-0.39, 0.29) is 18.1 Å². The van der Waals surface area contributed by atoms with Gasteiger partial charge in [-0.3, -0.25) is 4.79 Å². The molecule has 3 rings (SSSR count). The first-order chi connectivity index (χ1) is 9.25. The van der Waals surface area contributed by atoms with Gasteiger partial charge in [-0.1, -0.05) is 12.8 Å². The van der Waals surface area contributed by atoms with Gasteiger partial charge in [-0.2, -0.15) is 0 Å². The van der Waals surface area contributed by atoms with Crippen LogP contribution in [0.3, 0.4) is 0 Å². The molecule has 1 aromatic rings. The highest BCUT2D eigenvalue weighted by Gasteiger charge is 2.27. The maximum absolute atomic E-state index is 12.3. The van der Waals surface area contributed by atoms with E-state index in [1.807, 2.05) is 18.3 Å². The van der Waals surface area contributed by atoms with Gasteiger partial charge in [0, 0.05) is 12.2 Å². The van der Waals surface area contributed by atoms with Crippen molar-refractivity contribution >= 4 is 5.91 Å². The van der Waals surface area contributed by atoms with E-state index in [0.717, 1.165) is 31.4 Å². The first-order valence-corrected chi connectivity index (χ1v) is 7.41. The zero-order chi connectivity index (χ0) is 13.2. The van der Waals surface area contributed by atoms with E-state index in [9.17, 15) is 9.90 Å². The van der Waals surface area contributed by atoms with Gasteiger partial charge in [0.15, 0.2) is 0 Å². The Bertz CT molecular complexity index is 451.